The Hall–Kier alpha value is 1.75. The number of hydrogen-bond acceptors (Lipinski definition) is 5. The fraction of sp³-hybridized carbons (Fsp3) is 1.00. The van der Waals surface area contributed by atoms with Crippen molar-refractivity contribution < 1.29 is 0 Å². The van der Waals surface area contributed by atoms with E-state index in [2.05, 4.69) is 51.7 Å². The van der Waals surface area contributed by atoms with Gasteiger partial charge in [0.25, 0.3) is 0 Å². The Morgan fingerprint density at radius 1 is 1.17 bits per heavy atom. The molecule has 0 nitrogen and oxygen atoms in total. The number of thiol groups is 3. The van der Waals surface area contributed by atoms with Gasteiger partial charge in [-0.3, -0.25) is 0 Å². The maximum atomic E-state index is 4.34. The summed E-state index contributed by atoms with van der Waals surface area (Å²) in [6.07, 6.45) is 0. The van der Waals surface area contributed by atoms with Crippen LogP contribution in [0.4, 0.5) is 0 Å². The van der Waals surface area contributed by atoms with Crippen LogP contribution >= 0.6 is 61.4 Å². The minimum absolute atomic E-state index is 0.401. The summed E-state index contributed by atoms with van der Waals surface area (Å²) in [7, 11) is 0. The van der Waals surface area contributed by atoms with E-state index in [9.17, 15) is 0 Å². The second kappa shape index (κ2) is 8.09. The minimum Gasteiger partial charge on any atom is -0.178 e. The van der Waals surface area contributed by atoms with Crippen molar-refractivity contribution in [3.63, 3.8) is 0 Å². The standard InChI is InChI=1S/C7H16S5/c1-5(9)11-4-7(3-8)12-6(2)10/h5-10H,3-4H2,1-2H3. The van der Waals surface area contributed by atoms with Gasteiger partial charge in [-0.1, -0.05) is 0 Å². The summed E-state index contributed by atoms with van der Waals surface area (Å²) in [4.78, 5) is 0. The molecule has 0 aliphatic heterocycles. The summed E-state index contributed by atoms with van der Waals surface area (Å²) >= 11 is 16.7. The quantitative estimate of drug-likeness (QED) is 0.495. The molecule has 12 heavy (non-hydrogen) atoms. The summed E-state index contributed by atoms with van der Waals surface area (Å²) in [6.45, 7) is 4.19. The first kappa shape index (κ1) is 13.8. The van der Waals surface area contributed by atoms with Gasteiger partial charge in [0.1, 0.15) is 0 Å². The second-order valence-electron chi connectivity index (χ2n) is 2.47. The van der Waals surface area contributed by atoms with Gasteiger partial charge in [-0.25, -0.2) is 0 Å². The highest BCUT2D eigenvalue weighted by Crippen LogP contribution is 2.26. The molecule has 74 valence electrons. The highest BCUT2D eigenvalue weighted by atomic mass is 32.2. The lowest BCUT2D eigenvalue weighted by Gasteiger charge is -2.16. The molecule has 0 amide bonds. The monoisotopic (exact) mass is 260 g/mol. The van der Waals surface area contributed by atoms with Crippen molar-refractivity contribution in [2.45, 2.75) is 28.3 Å². The van der Waals surface area contributed by atoms with E-state index in [0.29, 0.717) is 14.4 Å². The molecule has 0 radical (unpaired) electrons. The van der Waals surface area contributed by atoms with Gasteiger partial charge >= 0.3 is 0 Å². The lowest BCUT2D eigenvalue weighted by atomic mass is 10.5. The first-order chi connectivity index (χ1) is 5.56. The molecule has 3 atom stereocenters. The number of rotatable bonds is 6. The van der Waals surface area contributed by atoms with Gasteiger partial charge in [0.05, 0.1) is 0 Å². The Labute approximate surface area is 101 Å². The minimum atomic E-state index is 0.401. The summed E-state index contributed by atoms with van der Waals surface area (Å²) in [5, 5.41) is 0.598. The van der Waals surface area contributed by atoms with E-state index in [1.807, 2.05) is 23.5 Å². The summed E-state index contributed by atoms with van der Waals surface area (Å²) < 4.78 is 0.821. The molecule has 0 saturated carbocycles. The zero-order valence-corrected chi connectivity index (χ0v) is 11.6. The van der Waals surface area contributed by atoms with Crippen molar-refractivity contribution in [1.82, 2.24) is 0 Å². The van der Waals surface area contributed by atoms with Crippen LogP contribution in [-0.4, -0.2) is 25.9 Å². The lowest BCUT2D eigenvalue weighted by molar-refractivity contribution is 1.14. The Bertz CT molecular complexity index is 104. The van der Waals surface area contributed by atoms with Gasteiger partial charge in [-0.05, 0) is 13.8 Å². The largest absolute Gasteiger partial charge is 0.178 e. The van der Waals surface area contributed by atoms with E-state index in [-0.39, 0.29) is 0 Å². The highest BCUT2D eigenvalue weighted by Gasteiger charge is 2.10. The third-order valence-corrected chi connectivity index (χ3v) is 5.02. The van der Waals surface area contributed by atoms with Crippen LogP contribution < -0.4 is 0 Å². The van der Waals surface area contributed by atoms with Gasteiger partial charge in [0, 0.05) is 25.9 Å². The Kier molecular flexibility index (Phi) is 9.27. The SMILES string of the molecule is CC(S)SCC(CS)SC(C)S. The maximum absolute atomic E-state index is 4.34. The molecule has 0 aliphatic rings. The van der Waals surface area contributed by atoms with Crippen LogP contribution in [0.3, 0.4) is 0 Å². The molecular formula is C7H16S5. The van der Waals surface area contributed by atoms with Gasteiger partial charge in [-0.15, -0.1) is 23.5 Å². The van der Waals surface area contributed by atoms with Crippen LogP contribution in [0.15, 0.2) is 0 Å². The molecule has 0 heterocycles. The second-order valence-corrected chi connectivity index (χ2v) is 8.11. The van der Waals surface area contributed by atoms with E-state index < -0.39 is 0 Å². The smallest absolute Gasteiger partial charge is 0.0447 e. The first-order valence-electron chi connectivity index (χ1n) is 3.80. The fourth-order valence-electron chi connectivity index (χ4n) is 0.660. The molecule has 3 unspecified atom stereocenters. The molecule has 0 rings (SSSR count). The van der Waals surface area contributed by atoms with Crippen LogP contribution in [0.2, 0.25) is 0 Å². The van der Waals surface area contributed by atoms with Crippen LogP contribution in [0.1, 0.15) is 13.8 Å². The van der Waals surface area contributed by atoms with Crippen LogP contribution in [-0.2, 0) is 0 Å². The maximum Gasteiger partial charge on any atom is 0.0447 e. The van der Waals surface area contributed by atoms with E-state index in [4.69, 9.17) is 0 Å². The Balaban J connectivity index is 3.53. The summed E-state index contributed by atoms with van der Waals surface area (Å²) in [6, 6.07) is 0. The third kappa shape index (κ3) is 8.35. The van der Waals surface area contributed by atoms with Gasteiger partial charge < -0.3 is 0 Å². The molecule has 0 saturated heterocycles. The first-order valence-corrected chi connectivity index (χ1v) is 7.46. The molecule has 5 heteroatoms. The normalized spacial score (nSPS) is 18.8. The highest BCUT2D eigenvalue weighted by molar-refractivity contribution is 8.13. The summed E-state index contributed by atoms with van der Waals surface area (Å²) in [5.74, 6) is 2.03. The van der Waals surface area contributed by atoms with Crippen LogP contribution in [0.5, 0.6) is 0 Å². The lowest BCUT2D eigenvalue weighted by Crippen LogP contribution is -2.11. The molecule has 0 N–H and O–H groups in total. The molecular weight excluding hydrogens is 244 g/mol. The number of thioether (sulfide) groups is 2. The van der Waals surface area contributed by atoms with Crippen molar-refractivity contribution in [1.29, 1.82) is 0 Å². The Morgan fingerprint density at radius 2 is 1.75 bits per heavy atom. The zero-order chi connectivity index (χ0) is 9.56. The third-order valence-electron chi connectivity index (χ3n) is 1.12. The predicted octanol–water partition coefficient (Wildman–Crippen LogP) is 3.30. The van der Waals surface area contributed by atoms with Crippen molar-refractivity contribution in [3.05, 3.63) is 0 Å². The molecule has 0 bridgehead atoms. The van der Waals surface area contributed by atoms with E-state index >= 15 is 0 Å². The van der Waals surface area contributed by atoms with Gasteiger partial charge in [-0.2, -0.15) is 37.9 Å². The number of hydrogen-bond donors (Lipinski definition) is 3. The summed E-state index contributed by atoms with van der Waals surface area (Å²) in [5.41, 5.74) is 0. The topological polar surface area (TPSA) is 0 Å². The van der Waals surface area contributed by atoms with Gasteiger partial charge in [0.15, 0.2) is 0 Å². The fourth-order valence-corrected chi connectivity index (χ4v) is 3.80. The molecule has 0 aromatic carbocycles. The molecule has 0 spiro atoms. The predicted molar refractivity (Wildman–Crippen MR) is 74.6 cm³/mol. The molecule has 0 aromatic heterocycles. The zero-order valence-electron chi connectivity index (χ0n) is 7.30. The van der Waals surface area contributed by atoms with E-state index in [1.54, 1.807) is 0 Å². The van der Waals surface area contributed by atoms with E-state index in [1.165, 1.54) is 0 Å². The van der Waals surface area contributed by atoms with E-state index in [0.717, 1.165) is 11.5 Å². The van der Waals surface area contributed by atoms with Crippen LogP contribution in [0, 0.1) is 0 Å². The van der Waals surface area contributed by atoms with Crippen molar-refractivity contribution in [3.8, 4) is 0 Å². The van der Waals surface area contributed by atoms with Crippen molar-refractivity contribution in [2.75, 3.05) is 11.5 Å². The average Bonchev–Trinajstić information content (AvgIpc) is 1.97. The Morgan fingerprint density at radius 3 is 2.08 bits per heavy atom. The average molecular weight is 261 g/mol. The molecule has 0 fully saturated rings. The van der Waals surface area contributed by atoms with Crippen molar-refractivity contribution in [2.24, 2.45) is 0 Å². The van der Waals surface area contributed by atoms with Crippen LogP contribution in [0.25, 0.3) is 0 Å². The molecule has 0 aromatic rings. The van der Waals surface area contributed by atoms with Gasteiger partial charge in [0.2, 0.25) is 0 Å². The van der Waals surface area contributed by atoms with Crippen molar-refractivity contribution >= 4 is 61.4 Å². The molecule has 0 aliphatic carbocycles.